The SMILES string of the molecule is O=C(CSc1cccc(NC(=O)/C(=C\c2cccc(Br)c2)NC(=O)c2ccccc2)c1)Nc1ccc(I)cc1. The number of carbonyl (C=O) groups excluding carboxylic acids is 3. The van der Waals surface area contributed by atoms with Crippen LogP contribution in [0.2, 0.25) is 0 Å². The molecule has 0 heterocycles. The van der Waals surface area contributed by atoms with E-state index in [1.165, 1.54) is 11.8 Å². The quantitative estimate of drug-likeness (QED) is 0.0975. The van der Waals surface area contributed by atoms with Crippen molar-refractivity contribution in [2.75, 3.05) is 16.4 Å². The van der Waals surface area contributed by atoms with Crippen LogP contribution in [0.15, 0.2) is 118 Å². The van der Waals surface area contributed by atoms with Gasteiger partial charge in [-0.05, 0) is 101 Å². The van der Waals surface area contributed by atoms with Crippen LogP contribution >= 0.6 is 50.3 Å². The molecule has 0 unspecified atom stereocenters. The summed E-state index contributed by atoms with van der Waals surface area (Å²) in [6.45, 7) is 0. The molecule has 0 saturated carbocycles. The van der Waals surface area contributed by atoms with Gasteiger partial charge in [-0.2, -0.15) is 0 Å². The summed E-state index contributed by atoms with van der Waals surface area (Å²) in [7, 11) is 0. The first kappa shape index (κ1) is 28.6. The molecule has 0 aliphatic carbocycles. The number of anilines is 2. The molecule has 4 aromatic carbocycles. The lowest BCUT2D eigenvalue weighted by Gasteiger charge is -2.12. The molecule has 39 heavy (non-hydrogen) atoms. The zero-order chi connectivity index (χ0) is 27.6. The van der Waals surface area contributed by atoms with Crippen molar-refractivity contribution in [1.82, 2.24) is 5.32 Å². The Morgan fingerprint density at radius 3 is 2.28 bits per heavy atom. The molecule has 4 aromatic rings. The van der Waals surface area contributed by atoms with Crippen LogP contribution in [0.25, 0.3) is 6.08 Å². The molecule has 0 aromatic heterocycles. The second-order valence-electron chi connectivity index (χ2n) is 8.26. The predicted octanol–water partition coefficient (Wildman–Crippen LogP) is 7.19. The maximum absolute atomic E-state index is 13.3. The summed E-state index contributed by atoms with van der Waals surface area (Å²) in [6, 6.07) is 30.9. The van der Waals surface area contributed by atoms with Crippen LogP contribution in [0.5, 0.6) is 0 Å². The van der Waals surface area contributed by atoms with Crippen molar-refractivity contribution in [2.45, 2.75) is 4.90 Å². The number of thioether (sulfide) groups is 1. The zero-order valence-corrected chi connectivity index (χ0v) is 25.0. The molecule has 0 radical (unpaired) electrons. The molecule has 4 rings (SSSR count). The fourth-order valence-electron chi connectivity index (χ4n) is 3.45. The summed E-state index contributed by atoms with van der Waals surface area (Å²) in [4.78, 5) is 39.3. The second kappa shape index (κ2) is 14.1. The Labute approximate surface area is 252 Å². The number of hydrogen-bond donors (Lipinski definition) is 3. The highest BCUT2D eigenvalue weighted by Gasteiger charge is 2.15. The van der Waals surface area contributed by atoms with Gasteiger partial charge in [0.15, 0.2) is 0 Å². The Morgan fingerprint density at radius 1 is 0.795 bits per heavy atom. The topological polar surface area (TPSA) is 87.3 Å². The maximum Gasteiger partial charge on any atom is 0.272 e. The number of amides is 3. The van der Waals surface area contributed by atoms with Crippen molar-refractivity contribution in [3.63, 3.8) is 0 Å². The molecule has 0 saturated heterocycles. The van der Waals surface area contributed by atoms with Gasteiger partial charge in [0, 0.05) is 29.9 Å². The monoisotopic (exact) mass is 711 g/mol. The maximum atomic E-state index is 13.3. The molecule has 6 nitrogen and oxygen atoms in total. The van der Waals surface area contributed by atoms with E-state index < -0.39 is 11.8 Å². The smallest absolute Gasteiger partial charge is 0.272 e. The van der Waals surface area contributed by atoms with Gasteiger partial charge < -0.3 is 16.0 Å². The Kier molecular flexibility index (Phi) is 10.3. The third kappa shape index (κ3) is 9.09. The minimum atomic E-state index is -0.474. The van der Waals surface area contributed by atoms with Gasteiger partial charge in [-0.3, -0.25) is 14.4 Å². The van der Waals surface area contributed by atoms with E-state index in [1.54, 1.807) is 48.5 Å². The van der Waals surface area contributed by atoms with Gasteiger partial charge in [-0.25, -0.2) is 0 Å². The average molecular weight is 712 g/mol. The summed E-state index contributed by atoms with van der Waals surface area (Å²) in [5.41, 5.74) is 2.55. The summed E-state index contributed by atoms with van der Waals surface area (Å²) >= 11 is 7.01. The molecule has 0 atom stereocenters. The van der Waals surface area contributed by atoms with E-state index >= 15 is 0 Å². The van der Waals surface area contributed by atoms with Crippen LogP contribution < -0.4 is 16.0 Å². The summed E-state index contributed by atoms with van der Waals surface area (Å²) in [5.74, 6) is -0.781. The molecule has 3 N–H and O–H groups in total. The largest absolute Gasteiger partial charge is 0.325 e. The van der Waals surface area contributed by atoms with Crippen LogP contribution in [0.1, 0.15) is 15.9 Å². The highest BCUT2D eigenvalue weighted by Crippen LogP contribution is 2.23. The molecule has 0 fully saturated rings. The fraction of sp³-hybridized carbons (Fsp3) is 0.0333. The van der Waals surface area contributed by atoms with Gasteiger partial charge in [-0.1, -0.05) is 52.3 Å². The first-order valence-corrected chi connectivity index (χ1v) is 14.6. The normalized spacial score (nSPS) is 11.0. The van der Waals surface area contributed by atoms with Crippen molar-refractivity contribution in [3.05, 3.63) is 128 Å². The number of nitrogens with one attached hydrogen (secondary N) is 3. The Morgan fingerprint density at radius 2 is 1.54 bits per heavy atom. The Hall–Kier alpha value is -3.41. The second-order valence-corrected chi connectivity index (χ2v) is 11.5. The molecule has 0 spiro atoms. The molecule has 0 bridgehead atoms. The predicted molar refractivity (Wildman–Crippen MR) is 170 cm³/mol. The van der Waals surface area contributed by atoms with Gasteiger partial charge in [0.2, 0.25) is 5.91 Å². The van der Waals surface area contributed by atoms with Crippen LogP contribution in [0.4, 0.5) is 11.4 Å². The van der Waals surface area contributed by atoms with Crippen molar-refractivity contribution < 1.29 is 14.4 Å². The van der Waals surface area contributed by atoms with Crippen LogP contribution in [0, 0.1) is 3.57 Å². The van der Waals surface area contributed by atoms with Crippen molar-refractivity contribution in [2.24, 2.45) is 0 Å². The third-order valence-electron chi connectivity index (χ3n) is 5.28. The molecular weight excluding hydrogens is 689 g/mol. The highest BCUT2D eigenvalue weighted by atomic mass is 127. The number of benzene rings is 4. The summed E-state index contributed by atoms with van der Waals surface area (Å²) < 4.78 is 1.94. The van der Waals surface area contributed by atoms with Gasteiger partial charge in [0.05, 0.1) is 5.75 Å². The fourth-order valence-corrected chi connectivity index (χ4v) is 4.98. The van der Waals surface area contributed by atoms with Crippen molar-refractivity contribution >= 4 is 85.5 Å². The molecule has 9 heteroatoms. The zero-order valence-electron chi connectivity index (χ0n) is 20.5. The lowest BCUT2D eigenvalue weighted by molar-refractivity contribution is -0.114. The number of hydrogen-bond acceptors (Lipinski definition) is 4. The van der Waals surface area contributed by atoms with E-state index in [9.17, 15) is 14.4 Å². The van der Waals surface area contributed by atoms with E-state index in [2.05, 4.69) is 54.5 Å². The van der Waals surface area contributed by atoms with Gasteiger partial charge >= 0.3 is 0 Å². The van der Waals surface area contributed by atoms with Crippen LogP contribution in [-0.4, -0.2) is 23.5 Å². The number of halogens is 2. The van der Waals surface area contributed by atoms with Crippen LogP contribution in [0.3, 0.4) is 0 Å². The molecule has 196 valence electrons. The first-order chi connectivity index (χ1) is 18.9. The van der Waals surface area contributed by atoms with E-state index in [1.807, 2.05) is 60.7 Å². The Balaban J connectivity index is 1.45. The van der Waals surface area contributed by atoms with Crippen molar-refractivity contribution in [1.29, 1.82) is 0 Å². The minimum absolute atomic E-state index is 0.0944. The number of rotatable bonds is 9. The van der Waals surface area contributed by atoms with Gasteiger partial charge in [0.1, 0.15) is 5.70 Å². The average Bonchev–Trinajstić information content (AvgIpc) is 2.93. The van der Waals surface area contributed by atoms with Crippen molar-refractivity contribution in [3.8, 4) is 0 Å². The summed E-state index contributed by atoms with van der Waals surface area (Å²) in [5, 5.41) is 8.47. The highest BCUT2D eigenvalue weighted by molar-refractivity contribution is 14.1. The standard InChI is InChI=1S/C30H23BrIN3O3S/c31-22-9-4-6-20(16-22)17-27(35-29(37)21-7-2-1-3-8-21)30(38)34-25-10-5-11-26(18-25)39-19-28(36)33-24-14-12-23(32)13-15-24/h1-18H,19H2,(H,33,36)(H,34,38)(H,35,37)/b27-17+. The third-order valence-corrected chi connectivity index (χ3v) is 7.48. The van der Waals surface area contributed by atoms with Crippen LogP contribution in [-0.2, 0) is 9.59 Å². The molecule has 0 aliphatic rings. The number of carbonyl (C=O) groups is 3. The van der Waals surface area contributed by atoms with Gasteiger partial charge in [0.25, 0.3) is 11.8 Å². The Bertz CT molecular complexity index is 1510. The van der Waals surface area contributed by atoms with E-state index in [-0.39, 0.29) is 17.4 Å². The van der Waals surface area contributed by atoms with Gasteiger partial charge in [-0.15, -0.1) is 11.8 Å². The van der Waals surface area contributed by atoms with E-state index in [0.29, 0.717) is 11.3 Å². The summed E-state index contributed by atoms with van der Waals surface area (Å²) in [6.07, 6.45) is 1.62. The van der Waals surface area contributed by atoms with E-state index in [0.717, 1.165) is 24.2 Å². The molecule has 3 amide bonds. The lowest BCUT2D eigenvalue weighted by Crippen LogP contribution is -2.30. The molecular formula is C30H23BrIN3O3S. The lowest BCUT2D eigenvalue weighted by atomic mass is 10.1. The van der Waals surface area contributed by atoms with E-state index in [4.69, 9.17) is 0 Å². The minimum Gasteiger partial charge on any atom is -0.325 e. The first-order valence-electron chi connectivity index (χ1n) is 11.8. The molecule has 0 aliphatic heterocycles.